The van der Waals surface area contributed by atoms with Crippen LogP contribution in [-0.4, -0.2) is 18.2 Å². The topological polar surface area (TPSA) is 46.5 Å². The number of rotatable bonds is 5. The molecule has 0 bridgehead atoms. The van der Waals surface area contributed by atoms with E-state index in [1.165, 1.54) is 13.2 Å². The Morgan fingerprint density at radius 1 is 1.47 bits per heavy atom. The van der Waals surface area contributed by atoms with Gasteiger partial charge in [0.1, 0.15) is 11.6 Å². The summed E-state index contributed by atoms with van der Waals surface area (Å²) in [6.07, 6.45) is 2.10. The lowest BCUT2D eigenvalue weighted by Crippen LogP contribution is -2.11. The van der Waals surface area contributed by atoms with Crippen molar-refractivity contribution in [3.63, 3.8) is 0 Å². The van der Waals surface area contributed by atoms with Crippen LogP contribution in [0.15, 0.2) is 6.07 Å². The van der Waals surface area contributed by atoms with Crippen LogP contribution in [0.1, 0.15) is 41.9 Å². The summed E-state index contributed by atoms with van der Waals surface area (Å²) in [7, 11) is 1.52. The Balaban J connectivity index is 2.47. The molecule has 1 fully saturated rings. The predicted octanol–water partition coefficient (Wildman–Crippen LogP) is 3.42. The van der Waals surface area contributed by atoms with Gasteiger partial charge in [0, 0.05) is 5.56 Å². The van der Waals surface area contributed by atoms with Gasteiger partial charge in [-0.2, -0.15) is 0 Å². The first-order valence-corrected chi connectivity index (χ1v) is 6.51. The number of halogens is 1. The van der Waals surface area contributed by atoms with Gasteiger partial charge >= 0.3 is 5.97 Å². The van der Waals surface area contributed by atoms with Crippen molar-refractivity contribution in [3.8, 4) is 5.75 Å². The second-order valence-electron chi connectivity index (χ2n) is 5.27. The molecule has 0 amide bonds. The van der Waals surface area contributed by atoms with E-state index in [9.17, 15) is 9.18 Å². The van der Waals surface area contributed by atoms with Crippen LogP contribution < -0.4 is 4.74 Å². The summed E-state index contributed by atoms with van der Waals surface area (Å²) < 4.78 is 19.2. The SMILES string of the molecule is COc1c(C)c(F)cc(C(CC(=O)O)C2CC2)c1C. The molecule has 3 nitrogen and oxygen atoms in total. The number of benzene rings is 1. The Bertz CT molecular complexity index is 507. The van der Waals surface area contributed by atoms with Gasteiger partial charge in [-0.15, -0.1) is 0 Å². The Kier molecular flexibility index (Phi) is 3.78. The molecule has 1 aromatic carbocycles. The van der Waals surface area contributed by atoms with Crippen LogP contribution in [0.4, 0.5) is 4.39 Å². The molecule has 0 spiro atoms. The van der Waals surface area contributed by atoms with E-state index in [1.807, 2.05) is 6.92 Å². The first-order chi connectivity index (χ1) is 8.95. The molecule has 1 saturated carbocycles. The predicted molar refractivity (Wildman–Crippen MR) is 70.1 cm³/mol. The second kappa shape index (κ2) is 5.19. The normalized spacial score (nSPS) is 16.2. The maximum atomic E-state index is 14.0. The van der Waals surface area contributed by atoms with E-state index in [2.05, 4.69) is 0 Å². The molecule has 0 saturated heterocycles. The summed E-state index contributed by atoms with van der Waals surface area (Å²) >= 11 is 0. The van der Waals surface area contributed by atoms with Gasteiger partial charge in [-0.3, -0.25) is 4.79 Å². The van der Waals surface area contributed by atoms with Crippen molar-refractivity contribution in [1.29, 1.82) is 0 Å². The van der Waals surface area contributed by atoms with Crippen LogP contribution in [0, 0.1) is 25.6 Å². The third kappa shape index (κ3) is 2.72. The summed E-state index contributed by atoms with van der Waals surface area (Å²) in [6.45, 7) is 3.55. The van der Waals surface area contributed by atoms with Crippen LogP contribution in [-0.2, 0) is 4.79 Å². The molecular formula is C15H19FO3. The number of carboxylic acids is 1. The van der Waals surface area contributed by atoms with Crippen LogP contribution in [0.5, 0.6) is 5.75 Å². The van der Waals surface area contributed by atoms with Crippen LogP contribution >= 0.6 is 0 Å². The molecule has 0 heterocycles. The van der Waals surface area contributed by atoms with Crippen molar-refractivity contribution in [1.82, 2.24) is 0 Å². The minimum Gasteiger partial charge on any atom is -0.496 e. The van der Waals surface area contributed by atoms with Crippen LogP contribution in [0.25, 0.3) is 0 Å². The van der Waals surface area contributed by atoms with Crippen molar-refractivity contribution in [2.24, 2.45) is 5.92 Å². The fourth-order valence-electron chi connectivity index (χ4n) is 2.78. The molecular weight excluding hydrogens is 247 g/mol. The van der Waals surface area contributed by atoms with E-state index in [0.717, 1.165) is 24.0 Å². The van der Waals surface area contributed by atoms with Crippen LogP contribution in [0.2, 0.25) is 0 Å². The molecule has 1 aromatic rings. The van der Waals surface area contributed by atoms with Gasteiger partial charge in [0.15, 0.2) is 0 Å². The molecule has 0 aromatic heterocycles. The Morgan fingerprint density at radius 3 is 2.58 bits per heavy atom. The highest BCUT2D eigenvalue weighted by Crippen LogP contribution is 2.47. The second-order valence-corrected chi connectivity index (χ2v) is 5.27. The highest BCUT2D eigenvalue weighted by Gasteiger charge is 2.35. The van der Waals surface area contributed by atoms with Gasteiger partial charge in [-0.25, -0.2) is 4.39 Å². The maximum Gasteiger partial charge on any atom is 0.303 e. The minimum atomic E-state index is -0.837. The number of hydrogen-bond donors (Lipinski definition) is 1. The monoisotopic (exact) mass is 266 g/mol. The molecule has 0 radical (unpaired) electrons. The lowest BCUT2D eigenvalue weighted by atomic mass is 9.86. The number of hydrogen-bond acceptors (Lipinski definition) is 2. The number of carbonyl (C=O) groups is 1. The summed E-state index contributed by atoms with van der Waals surface area (Å²) in [4.78, 5) is 11.0. The van der Waals surface area contributed by atoms with Crippen molar-refractivity contribution in [3.05, 3.63) is 28.6 Å². The van der Waals surface area contributed by atoms with E-state index >= 15 is 0 Å². The lowest BCUT2D eigenvalue weighted by Gasteiger charge is -2.20. The molecule has 104 valence electrons. The minimum absolute atomic E-state index is 0.0527. The van der Waals surface area contributed by atoms with E-state index in [4.69, 9.17) is 9.84 Å². The van der Waals surface area contributed by atoms with Gasteiger partial charge in [0.2, 0.25) is 0 Å². The molecule has 0 aliphatic heterocycles. The first kappa shape index (κ1) is 13.8. The van der Waals surface area contributed by atoms with Gasteiger partial charge < -0.3 is 9.84 Å². The number of aliphatic carboxylic acids is 1. The number of ether oxygens (including phenoxy) is 1. The highest BCUT2D eigenvalue weighted by molar-refractivity contribution is 5.68. The third-order valence-corrected chi connectivity index (χ3v) is 3.94. The summed E-state index contributed by atoms with van der Waals surface area (Å²) in [5.74, 6) is -0.376. The van der Waals surface area contributed by atoms with E-state index < -0.39 is 5.97 Å². The summed E-state index contributed by atoms with van der Waals surface area (Å²) in [5, 5.41) is 9.04. The van der Waals surface area contributed by atoms with Crippen molar-refractivity contribution >= 4 is 5.97 Å². The molecule has 1 aliphatic rings. The Labute approximate surface area is 112 Å². The van der Waals surface area contributed by atoms with Crippen molar-refractivity contribution in [2.45, 2.75) is 39.0 Å². The third-order valence-electron chi connectivity index (χ3n) is 3.94. The fraction of sp³-hybridized carbons (Fsp3) is 0.533. The van der Waals surface area contributed by atoms with Crippen molar-refractivity contribution in [2.75, 3.05) is 7.11 Å². The smallest absolute Gasteiger partial charge is 0.303 e. The molecule has 2 rings (SSSR count). The first-order valence-electron chi connectivity index (χ1n) is 6.51. The van der Waals surface area contributed by atoms with Gasteiger partial charge in [-0.05, 0) is 55.7 Å². The molecule has 1 aliphatic carbocycles. The molecule has 1 atom stereocenters. The van der Waals surface area contributed by atoms with Gasteiger partial charge in [0.05, 0.1) is 13.5 Å². The number of methoxy groups -OCH3 is 1. The van der Waals surface area contributed by atoms with E-state index in [-0.39, 0.29) is 18.2 Å². The van der Waals surface area contributed by atoms with E-state index in [0.29, 0.717) is 17.2 Å². The molecule has 1 unspecified atom stereocenters. The largest absolute Gasteiger partial charge is 0.496 e. The van der Waals surface area contributed by atoms with E-state index in [1.54, 1.807) is 6.92 Å². The number of carboxylic acid groups (broad SMARTS) is 1. The average molecular weight is 266 g/mol. The molecule has 1 N–H and O–H groups in total. The quantitative estimate of drug-likeness (QED) is 0.888. The van der Waals surface area contributed by atoms with Crippen molar-refractivity contribution < 1.29 is 19.0 Å². The van der Waals surface area contributed by atoms with Gasteiger partial charge in [0.25, 0.3) is 0 Å². The fourth-order valence-corrected chi connectivity index (χ4v) is 2.78. The van der Waals surface area contributed by atoms with Crippen LogP contribution in [0.3, 0.4) is 0 Å². The standard InChI is InChI=1S/C15H19FO3/c1-8-11(6-13(16)9(2)15(8)19-3)12(7-14(17)18)10-4-5-10/h6,10,12H,4-5,7H2,1-3H3,(H,17,18). The summed E-state index contributed by atoms with van der Waals surface area (Å²) in [5.41, 5.74) is 2.12. The molecule has 4 heteroatoms. The average Bonchev–Trinajstić information content (AvgIpc) is 3.16. The lowest BCUT2D eigenvalue weighted by molar-refractivity contribution is -0.137. The zero-order valence-electron chi connectivity index (χ0n) is 11.5. The Morgan fingerprint density at radius 2 is 2.11 bits per heavy atom. The van der Waals surface area contributed by atoms with Gasteiger partial charge in [-0.1, -0.05) is 0 Å². The summed E-state index contributed by atoms with van der Waals surface area (Å²) in [6, 6.07) is 1.49. The highest BCUT2D eigenvalue weighted by atomic mass is 19.1. The zero-order chi connectivity index (χ0) is 14.2. The maximum absolute atomic E-state index is 14.0. The molecule has 19 heavy (non-hydrogen) atoms. The Hall–Kier alpha value is -1.58. The zero-order valence-corrected chi connectivity index (χ0v) is 11.5.